The Kier molecular flexibility index (Phi) is 6.55. The van der Waals surface area contributed by atoms with Gasteiger partial charge in [-0.1, -0.05) is 58.7 Å². The highest BCUT2D eigenvalue weighted by Crippen LogP contribution is 2.24. The van der Waals surface area contributed by atoms with E-state index >= 15 is 0 Å². The van der Waals surface area contributed by atoms with Gasteiger partial charge >= 0.3 is 0 Å². The molecule has 0 saturated heterocycles. The molecule has 0 aliphatic carbocycles. The van der Waals surface area contributed by atoms with Crippen molar-refractivity contribution >= 4 is 27.5 Å². The Hall–Kier alpha value is -1.03. The second-order valence-corrected chi connectivity index (χ2v) is 6.13. The van der Waals surface area contributed by atoms with Gasteiger partial charge in [0.05, 0.1) is 0 Å². The SMILES string of the molecule is CCCNCc1ccccc1OCc1ccc(Br)cc1Cl. The van der Waals surface area contributed by atoms with E-state index < -0.39 is 0 Å². The van der Waals surface area contributed by atoms with Crippen LogP contribution in [0.3, 0.4) is 0 Å². The molecule has 0 spiro atoms. The maximum absolute atomic E-state index is 6.22. The molecule has 2 nitrogen and oxygen atoms in total. The molecule has 4 heteroatoms. The average molecular weight is 369 g/mol. The Morgan fingerprint density at radius 3 is 2.71 bits per heavy atom. The fourth-order valence-corrected chi connectivity index (χ4v) is 2.71. The van der Waals surface area contributed by atoms with Crippen LogP contribution in [0.2, 0.25) is 5.02 Å². The van der Waals surface area contributed by atoms with Crippen LogP contribution >= 0.6 is 27.5 Å². The number of benzene rings is 2. The van der Waals surface area contributed by atoms with Crippen LogP contribution in [-0.2, 0) is 13.2 Å². The van der Waals surface area contributed by atoms with Crippen LogP contribution in [0.4, 0.5) is 0 Å². The third-order valence-corrected chi connectivity index (χ3v) is 3.96. The van der Waals surface area contributed by atoms with Crippen LogP contribution < -0.4 is 10.1 Å². The van der Waals surface area contributed by atoms with E-state index in [1.54, 1.807) is 0 Å². The number of ether oxygens (including phenoxy) is 1. The summed E-state index contributed by atoms with van der Waals surface area (Å²) in [6.07, 6.45) is 1.12. The molecule has 2 aromatic carbocycles. The second-order valence-electron chi connectivity index (χ2n) is 4.81. The van der Waals surface area contributed by atoms with Crippen LogP contribution in [0, 0.1) is 0 Å². The summed E-state index contributed by atoms with van der Waals surface area (Å²) < 4.78 is 6.91. The quantitative estimate of drug-likeness (QED) is 0.680. The molecular weight excluding hydrogens is 350 g/mol. The first-order chi connectivity index (χ1) is 10.2. The standard InChI is InChI=1S/C17H19BrClNO/c1-2-9-20-11-13-5-3-4-6-17(13)21-12-14-7-8-15(18)10-16(14)19/h3-8,10,20H,2,9,11-12H2,1H3. The predicted octanol–water partition coefficient (Wildman–Crippen LogP) is 5.18. The van der Waals surface area contributed by atoms with E-state index in [1.807, 2.05) is 36.4 Å². The Bertz CT molecular complexity index is 589. The first-order valence-corrected chi connectivity index (χ1v) is 8.23. The lowest BCUT2D eigenvalue weighted by molar-refractivity contribution is 0.302. The molecular formula is C17H19BrClNO. The van der Waals surface area contributed by atoms with Gasteiger partial charge in [-0.05, 0) is 31.2 Å². The smallest absolute Gasteiger partial charge is 0.124 e. The van der Waals surface area contributed by atoms with Crippen molar-refractivity contribution in [3.05, 3.63) is 63.1 Å². The summed E-state index contributed by atoms with van der Waals surface area (Å²) in [5, 5.41) is 4.11. The minimum absolute atomic E-state index is 0.469. The molecule has 0 heterocycles. The van der Waals surface area contributed by atoms with Crippen LogP contribution in [0.5, 0.6) is 5.75 Å². The zero-order valence-corrected chi connectivity index (χ0v) is 14.4. The summed E-state index contributed by atoms with van der Waals surface area (Å²) in [5.74, 6) is 0.903. The Morgan fingerprint density at radius 2 is 1.95 bits per heavy atom. The van der Waals surface area contributed by atoms with Crippen LogP contribution in [0.1, 0.15) is 24.5 Å². The van der Waals surface area contributed by atoms with Crippen molar-refractivity contribution in [2.75, 3.05) is 6.54 Å². The molecule has 0 fully saturated rings. The molecule has 1 N–H and O–H groups in total. The minimum atomic E-state index is 0.469. The maximum atomic E-state index is 6.22. The number of hydrogen-bond acceptors (Lipinski definition) is 2. The molecule has 0 saturated carbocycles. The highest BCUT2D eigenvalue weighted by Gasteiger charge is 2.05. The first kappa shape index (κ1) is 16.3. The normalized spacial score (nSPS) is 10.6. The Balaban J connectivity index is 2.02. The number of para-hydroxylation sites is 1. The topological polar surface area (TPSA) is 21.3 Å². The summed E-state index contributed by atoms with van der Waals surface area (Å²) >= 11 is 9.62. The molecule has 0 aliphatic rings. The summed E-state index contributed by atoms with van der Waals surface area (Å²) in [4.78, 5) is 0. The summed E-state index contributed by atoms with van der Waals surface area (Å²) in [5.41, 5.74) is 2.15. The van der Waals surface area contributed by atoms with E-state index in [-0.39, 0.29) is 0 Å². The molecule has 0 atom stereocenters. The van der Waals surface area contributed by atoms with Crippen molar-refractivity contribution in [2.45, 2.75) is 26.5 Å². The first-order valence-electron chi connectivity index (χ1n) is 7.06. The minimum Gasteiger partial charge on any atom is -0.489 e. The third kappa shape index (κ3) is 5.03. The lowest BCUT2D eigenvalue weighted by Crippen LogP contribution is -2.14. The van der Waals surface area contributed by atoms with Crippen molar-refractivity contribution < 1.29 is 4.74 Å². The Morgan fingerprint density at radius 1 is 1.14 bits per heavy atom. The molecule has 2 rings (SSSR count). The lowest BCUT2D eigenvalue weighted by atomic mass is 10.2. The highest BCUT2D eigenvalue weighted by atomic mass is 79.9. The largest absolute Gasteiger partial charge is 0.489 e. The summed E-state index contributed by atoms with van der Waals surface area (Å²) in [7, 11) is 0. The van der Waals surface area contributed by atoms with E-state index in [0.717, 1.165) is 35.3 Å². The van der Waals surface area contributed by atoms with E-state index in [9.17, 15) is 0 Å². The van der Waals surface area contributed by atoms with Gasteiger partial charge in [-0.2, -0.15) is 0 Å². The summed E-state index contributed by atoms with van der Waals surface area (Å²) in [6, 6.07) is 13.9. The number of nitrogens with one attached hydrogen (secondary N) is 1. The van der Waals surface area contributed by atoms with E-state index in [4.69, 9.17) is 16.3 Å². The summed E-state index contributed by atoms with van der Waals surface area (Å²) in [6.45, 7) is 4.45. The molecule has 0 aromatic heterocycles. The van der Waals surface area contributed by atoms with Gasteiger partial charge in [-0.25, -0.2) is 0 Å². The molecule has 2 aromatic rings. The maximum Gasteiger partial charge on any atom is 0.124 e. The molecule has 0 bridgehead atoms. The van der Waals surface area contributed by atoms with Gasteiger partial charge in [0.1, 0.15) is 12.4 Å². The third-order valence-electron chi connectivity index (χ3n) is 3.11. The zero-order valence-electron chi connectivity index (χ0n) is 12.0. The highest BCUT2D eigenvalue weighted by molar-refractivity contribution is 9.10. The van der Waals surface area contributed by atoms with Crippen LogP contribution in [-0.4, -0.2) is 6.54 Å². The number of rotatable bonds is 7. The predicted molar refractivity (Wildman–Crippen MR) is 91.9 cm³/mol. The molecule has 0 radical (unpaired) electrons. The van der Waals surface area contributed by atoms with Crippen LogP contribution in [0.15, 0.2) is 46.9 Å². The van der Waals surface area contributed by atoms with Gasteiger partial charge in [0.2, 0.25) is 0 Å². The second kappa shape index (κ2) is 8.42. The zero-order chi connectivity index (χ0) is 15.1. The molecule has 112 valence electrons. The fraction of sp³-hybridized carbons (Fsp3) is 0.294. The average Bonchev–Trinajstić information content (AvgIpc) is 2.48. The van der Waals surface area contributed by atoms with Crippen molar-refractivity contribution in [1.29, 1.82) is 0 Å². The van der Waals surface area contributed by atoms with E-state index in [2.05, 4.69) is 34.2 Å². The van der Waals surface area contributed by atoms with Gasteiger partial charge in [0.15, 0.2) is 0 Å². The van der Waals surface area contributed by atoms with Crippen LogP contribution in [0.25, 0.3) is 0 Å². The van der Waals surface area contributed by atoms with E-state index in [0.29, 0.717) is 11.6 Å². The Labute approximate surface area is 139 Å². The van der Waals surface area contributed by atoms with Crippen molar-refractivity contribution in [2.24, 2.45) is 0 Å². The molecule has 0 amide bonds. The van der Waals surface area contributed by atoms with Gasteiger partial charge < -0.3 is 10.1 Å². The van der Waals surface area contributed by atoms with Gasteiger partial charge in [-0.3, -0.25) is 0 Å². The van der Waals surface area contributed by atoms with Crippen molar-refractivity contribution in [1.82, 2.24) is 5.32 Å². The molecule has 0 unspecified atom stereocenters. The number of halogens is 2. The monoisotopic (exact) mass is 367 g/mol. The van der Waals surface area contributed by atoms with Gasteiger partial charge in [0.25, 0.3) is 0 Å². The van der Waals surface area contributed by atoms with Crippen molar-refractivity contribution in [3.8, 4) is 5.75 Å². The number of hydrogen-bond donors (Lipinski definition) is 1. The van der Waals surface area contributed by atoms with Gasteiger partial charge in [0, 0.05) is 27.2 Å². The lowest BCUT2D eigenvalue weighted by Gasteiger charge is -2.13. The molecule has 21 heavy (non-hydrogen) atoms. The van der Waals surface area contributed by atoms with E-state index in [1.165, 1.54) is 5.56 Å². The van der Waals surface area contributed by atoms with Crippen molar-refractivity contribution in [3.63, 3.8) is 0 Å². The van der Waals surface area contributed by atoms with Gasteiger partial charge in [-0.15, -0.1) is 0 Å². The molecule has 0 aliphatic heterocycles. The fourth-order valence-electron chi connectivity index (χ4n) is 1.98.